The number of nitrogens with zero attached hydrogens (tertiary/aromatic N) is 3. The fourth-order valence-corrected chi connectivity index (χ4v) is 5.23. The van der Waals surface area contributed by atoms with Crippen LogP contribution in [0.5, 0.6) is 0 Å². The van der Waals surface area contributed by atoms with Gasteiger partial charge in [0.1, 0.15) is 5.82 Å². The van der Waals surface area contributed by atoms with Crippen molar-refractivity contribution in [2.24, 2.45) is 10.2 Å². The summed E-state index contributed by atoms with van der Waals surface area (Å²) in [5, 5.41) is 14.1. The van der Waals surface area contributed by atoms with Gasteiger partial charge in [-0.15, -0.1) is 5.11 Å². The predicted molar refractivity (Wildman–Crippen MR) is 115 cm³/mol. The Morgan fingerprint density at radius 2 is 2.03 bits per heavy atom. The van der Waals surface area contributed by atoms with Crippen molar-refractivity contribution in [3.63, 3.8) is 0 Å². The summed E-state index contributed by atoms with van der Waals surface area (Å²) in [5.74, 6) is -1.39. The van der Waals surface area contributed by atoms with Crippen LogP contribution >= 0.6 is 0 Å². The van der Waals surface area contributed by atoms with Gasteiger partial charge < -0.3 is 10.6 Å². The minimum absolute atomic E-state index is 0.253. The number of nitrogens with one attached hydrogen (secondary N) is 2. The highest BCUT2D eigenvalue weighted by molar-refractivity contribution is 6.00. The highest BCUT2D eigenvalue weighted by Crippen LogP contribution is 2.53. The summed E-state index contributed by atoms with van der Waals surface area (Å²) in [6.07, 6.45) is 2.96. The summed E-state index contributed by atoms with van der Waals surface area (Å²) < 4.78 is 29.6. The Morgan fingerprint density at radius 1 is 1.22 bits per heavy atom. The van der Waals surface area contributed by atoms with E-state index in [1.165, 1.54) is 6.20 Å². The van der Waals surface area contributed by atoms with Gasteiger partial charge in [-0.05, 0) is 43.5 Å². The fraction of sp³-hybridized carbons (Fsp3) is 0.333. The Kier molecular flexibility index (Phi) is 4.51. The molecule has 0 radical (unpaired) electrons. The second-order valence-corrected chi connectivity index (χ2v) is 9.03. The van der Waals surface area contributed by atoms with Gasteiger partial charge >= 0.3 is 0 Å². The summed E-state index contributed by atoms with van der Waals surface area (Å²) in [7, 11) is 0. The average Bonchev–Trinajstić information content (AvgIpc) is 3.12. The minimum Gasteiger partial charge on any atom is -0.362 e. The molecule has 2 aromatic rings. The lowest BCUT2D eigenvalue weighted by Gasteiger charge is -2.48. The van der Waals surface area contributed by atoms with E-state index in [0.717, 1.165) is 11.9 Å². The predicted octanol–water partition coefficient (Wildman–Crippen LogP) is 4.66. The number of fused-ring (bicyclic) bond motifs is 1. The second kappa shape index (κ2) is 7.05. The van der Waals surface area contributed by atoms with Crippen LogP contribution in [0, 0.1) is 5.82 Å². The first-order valence-electron chi connectivity index (χ1n) is 10.6. The molecule has 8 heteroatoms. The van der Waals surface area contributed by atoms with Crippen molar-refractivity contribution in [2.75, 3.05) is 0 Å². The topological polar surface area (TPSA) is 78.7 Å². The van der Waals surface area contributed by atoms with Crippen LogP contribution in [0.2, 0.25) is 0 Å². The number of azo groups is 1. The first kappa shape index (κ1) is 20.5. The van der Waals surface area contributed by atoms with Gasteiger partial charge in [-0.2, -0.15) is 9.50 Å². The SMILES string of the molecule is CC[C@]1(c2cccc(-c3ccncc3F)c2)C2=C(CC(C)(C)NC2=O)NC2N=NC(F)=C21. The van der Waals surface area contributed by atoms with Crippen molar-refractivity contribution in [1.82, 2.24) is 15.6 Å². The molecule has 0 fully saturated rings. The maximum absolute atomic E-state index is 15.1. The van der Waals surface area contributed by atoms with E-state index in [9.17, 15) is 9.18 Å². The number of carbonyl (C=O) groups is 1. The zero-order chi connectivity index (χ0) is 22.7. The standard InChI is InChI=1S/C24H23F2N5O/c1-4-24(14-7-5-6-13(10-14)15-8-9-27-12-16(15)25)18-17(11-23(2,3)29-22(18)32)28-21-19(24)20(26)30-31-21/h5-10,12,21,28H,4,11H2,1-3H3,(H,29,32)/t21?,24-/m0/s1. The monoisotopic (exact) mass is 435 g/mol. The highest BCUT2D eigenvalue weighted by atomic mass is 19.1. The van der Waals surface area contributed by atoms with E-state index in [4.69, 9.17) is 0 Å². The summed E-state index contributed by atoms with van der Waals surface area (Å²) in [6.45, 7) is 5.80. The number of aromatic nitrogens is 1. The number of halogens is 2. The maximum atomic E-state index is 15.1. The third-order valence-electron chi connectivity index (χ3n) is 6.52. The van der Waals surface area contributed by atoms with Crippen LogP contribution in [-0.2, 0) is 10.2 Å². The minimum atomic E-state index is -1.08. The molecule has 2 N–H and O–H groups in total. The van der Waals surface area contributed by atoms with E-state index in [-0.39, 0.29) is 5.91 Å². The number of pyridine rings is 1. The second-order valence-electron chi connectivity index (χ2n) is 9.03. The Bertz CT molecular complexity index is 1230. The number of amides is 1. The van der Waals surface area contributed by atoms with E-state index >= 15 is 4.39 Å². The third-order valence-corrected chi connectivity index (χ3v) is 6.52. The molecule has 0 spiro atoms. The molecule has 1 unspecified atom stereocenters. The fourth-order valence-electron chi connectivity index (χ4n) is 5.23. The van der Waals surface area contributed by atoms with Crippen LogP contribution in [0.25, 0.3) is 11.1 Å². The molecule has 4 heterocycles. The van der Waals surface area contributed by atoms with Gasteiger partial charge in [0, 0.05) is 35.0 Å². The normalized spacial score (nSPS) is 25.9. The van der Waals surface area contributed by atoms with Crippen LogP contribution in [0.3, 0.4) is 0 Å². The Labute approximate surface area is 184 Å². The number of hydrogen-bond donors (Lipinski definition) is 2. The van der Waals surface area contributed by atoms with Gasteiger partial charge in [-0.3, -0.25) is 9.78 Å². The van der Waals surface area contributed by atoms with E-state index in [2.05, 4.69) is 25.8 Å². The van der Waals surface area contributed by atoms with Gasteiger partial charge in [-0.1, -0.05) is 25.1 Å². The molecule has 0 saturated heterocycles. The lowest BCUT2D eigenvalue weighted by atomic mass is 9.62. The van der Waals surface area contributed by atoms with Crippen molar-refractivity contribution in [3.05, 3.63) is 76.9 Å². The van der Waals surface area contributed by atoms with E-state index < -0.39 is 28.9 Å². The van der Waals surface area contributed by atoms with Crippen molar-refractivity contribution >= 4 is 5.91 Å². The van der Waals surface area contributed by atoms with Crippen molar-refractivity contribution in [1.29, 1.82) is 0 Å². The van der Waals surface area contributed by atoms with Crippen LogP contribution in [0.1, 0.15) is 39.2 Å². The molecule has 0 aliphatic carbocycles. The smallest absolute Gasteiger partial charge is 0.250 e. The third kappa shape index (κ3) is 2.89. The molecule has 1 amide bonds. The van der Waals surface area contributed by atoms with Gasteiger partial charge in [0.05, 0.1) is 17.2 Å². The molecule has 0 bridgehead atoms. The molecule has 3 aliphatic rings. The molecular formula is C24H23F2N5O. The zero-order valence-electron chi connectivity index (χ0n) is 18.0. The molecule has 32 heavy (non-hydrogen) atoms. The summed E-state index contributed by atoms with van der Waals surface area (Å²) in [5.41, 5.74) is 1.69. The summed E-state index contributed by atoms with van der Waals surface area (Å²) >= 11 is 0. The first-order valence-corrected chi connectivity index (χ1v) is 10.6. The summed E-state index contributed by atoms with van der Waals surface area (Å²) in [4.78, 5) is 17.2. The molecule has 164 valence electrons. The largest absolute Gasteiger partial charge is 0.362 e. The van der Waals surface area contributed by atoms with Crippen LogP contribution in [-0.4, -0.2) is 22.6 Å². The Hall–Kier alpha value is -3.42. The summed E-state index contributed by atoms with van der Waals surface area (Å²) in [6, 6.07) is 8.85. The Morgan fingerprint density at radius 3 is 2.78 bits per heavy atom. The van der Waals surface area contributed by atoms with Crippen molar-refractivity contribution < 1.29 is 13.6 Å². The Balaban J connectivity index is 1.78. The lowest BCUT2D eigenvalue weighted by Crippen LogP contribution is -2.58. The number of rotatable bonds is 3. The zero-order valence-corrected chi connectivity index (χ0v) is 18.0. The van der Waals surface area contributed by atoms with Crippen LogP contribution in [0.4, 0.5) is 8.78 Å². The van der Waals surface area contributed by atoms with Crippen LogP contribution in [0.15, 0.2) is 75.7 Å². The van der Waals surface area contributed by atoms with Gasteiger partial charge in [0.2, 0.25) is 5.95 Å². The highest BCUT2D eigenvalue weighted by Gasteiger charge is 2.55. The maximum Gasteiger partial charge on any atom is 0.250 e. The first-order chi connectivity index (χ1) is 15.3. The molecule has 5 rings (SSSR count). The molecule has 0 saturated carbocycles. The number of hydrogen-bond acceptors (Lipinski definition) is 5. The quantitative estimate of drug-likeness (QED) is 0.688. The van der Waals surface area contributed by atoms with Gasteiger partial charge in [-0.25, -0.2) is 4.39 Å². The number of carbonyl (C=O) groups excluding carboxylic acids is 1. The molecule has 1 aromatic carbocycles. The van der Waals surface area contributed by atoms with E-state index in [0.29, 0.717) is 40.7 Å². The number of benzene rings is 1. The molecule has 3 aliphatic heterocycles. The van der Waals surface area contributed by atoms with Gasteiger partial charge in [0.25, 0.3) is 5.91 Å². The van der Waals surface area contributed by atoms with Gasteiger partial charge in [0.15, 0.2) is 6.17 Å². The lowest BCUT2D eigenvalue weighted by molar-refractivity contribution is -0.120. The van der Waals surface area contributed by atoms with E-state index in [1.807, 2.05) is 32.9 Å². The van der Waals surface area contributed by atoms with Crippen molar-refractivity contribution in [3.8, 4) is 11.1 Å². The molecular weight excluding hydrogens is 412 g/mol. The molecule has 2 atom stereocenters. The molecule has 1 aromatic heterocycles. The van der Waals surface area contributed by atoms with Crippen molar-refractivity contribution in [2.45, 2.75) is 50.7 Å². The van der Waals surface area contributed by atoms with Crippen LogP contribution < -0.4 is 10.6 Å². The average molecular weight is 435 g/mol. The molecule has 6 nitrogen and oxygen atoms in total. The van der Waals surface area contributed by atoms with E-state index in [1.54, 1.807) is 18.2 Å².